The summed E-state index contributed by atoms with van der Waals surface area (Å²) in [5.41, 5.74) is 2.92. The van der Waals surface area contributed by atoms with Gasteiger partial charge in [-0.15, -0.1) is 0 Å². The molecule has 0 N–H and O–H groups in total. The van der Waals surface area contributed by atoms with E-state index in [-0.39, 0.29) is 6.61 Å². The van der Waals surface area contributed by atoms with Crippen LogP contribution in [0.15, 0.2) is 70.6 Å². The first-order chi connectivity index (χ1) is 19.8. The third-order valence-corrected chi connectivity index (χ3v) is 9.10. The second-order valence-electron chi connectivity index (χ2n) is 11.0. The highest BCUT2D eigenvalue weighted by molar-refractivity contribution is 8.45. The van der Waals surface area contributed by atoms with Crippen LogP contribution in [0.2, 0.25) is 0 Å². The molecule has 13 heteroatoms. The Morgan fingerprint density at radius 2 is 1.86 bits per heavy atom. The fraction of sp³-hybridized carbons (Fsp3) is 0.379. The molecule has 1 spiro atoms. The quantitative estimate of drug-likeness (QED) is 0.275. The highest BCUT2D eigenvalue weighted by Gasteiger charge is 2.65. The van der Waals surface area contributed by atoms with E-state index in [9.17, 15) is 19.4 Å². The van der Waals surface area contributed by atoms with E-state index in [2.05, 4.69) is 10.1 Å². The molecule has 0 radical (unpaired) electrons. The Hall–Kier alpha value is -3.58. The number of rotatable bonds is 5. The smallest absolute Gasteiger partial charge is 0.310 e. The van der Waals surface area contributed by atoms with E-state index in [1.807, 2.05) is 46.9 Å². The van der Waals surface area contributed by atoms with Crippen molar-refractivity contribution in [1.29, 1.82) is 0 Å². The number of benzene rings is 2. The van der Waals surface area contributed by atoms with Crippen LogP contribution in [0.1, 0.15) is 48.5 Å². The summed E-state index contributed by atoms with van der Waals surface area (Å²) < 4.78 is 80.7. The summed E-state index contributed by atoms with van der Waals surface area (Å²) >= 11 is 0. The molecule has 2 aromatic carbocycles. The molecule has 42 heavy (non-hydrogen) atoms. The SMILES string of the molecule is COc1cc(C=C2CCCN3C2=NOC2(CCCOC2)[C@@H]3c2ccc(S(F)(F)(F)(F)F)cc2)ccc1-n1cnc(C)c1. The number of aryl methyl sites for hydroxylation is 1. The molecule has 2 atom stereocenters. The highest BCUT2D eigenvalue weighted by Crippen LogP contribution is 3.02. The lowest BCUT2D eigenvalue weighted by Gasteiger charge is -2.51. The summed E-state index contributed by atoms with van der Waals surface area (Å²) in [5.74, 6) is 1.21. The number of oxime groups is 1. The predicted octanol–water partition coefficient (Wildman–Crippen LogP) is 7.96. The second kappa shape index (κ2) is 9.46. The Balaban J connectivity index is 1.37. The minimum Gasteiger partial charge on any atom is -0.495 e. The van der Waals surface area contributed by atoms with Gasteiger partial charge in [0.05, 0.1) is 31.4 Å². The third kappa shape index (κ3) is 5.35. The van der Waals surface area contributed by atoms with E-state index < -0.39 is 26.8 Å². The van der Waals surface area contributed by atoms with Gasteiger partial charge in [0.1, 0.15) is 16.7 Å². The maximum Gasteiger partial charge on any atom is 0.310 e. The van der Waals surface area contributed by atoms with Crippen molar-refractivity contribution in [2.45, 2.75) is 49.1 Å². The van der Waals surface area contributed by atoms with Crippen molar-refractivity contribution in [3.63, 3.8) is 0 Å². The summed E-state index contributed by atoms with van der Waals surface area (Å²) in [6.45, 7) is 3.18. The van der Waals surface area contributed by atoms with Crippen LogP contribution in [-0.4, -0.2) is 52.8 Å². The molecule has 2 fully saturated rings. The van der Waals surface area contributed by atoms with Crippen molar-refractivity contribution in [3.05, 3.63) is 77.4 Å². The van der Waals surface area contributed by atoms with Gasteiger partial charge in [0, 0.05) is 19.3 Å². The van der Waals surface area contributed by atoms with Gasteiger partial charge in [-0.25, -0.2) is 4.98 Å². The average Bonchev–Trinajstić information content (AvgIpc) is 3.38. The largest absolute Gasteiger partial charge is 0.495 e. The molecule has 1 unspecified atom stereocenters. The number of fused-ring (bicyclic) bond motifs is 1. The van der Waals surface area contributed by atoms with Crippen molar-refractivity contribution in [2.75, 3.05) is 26.9 Å². The summed E-state index contributed by atoms with van der Waals surface area (Å²) in [6.07, 6.45) is 8.28. The molecule has 6 rings (SSSR count). The van der Waals surface area contributed by atoms with Gasteiger partial charge in [0.15, 0.2) is 11.4 Å². The second-order valence-corrected chi connectivity index (χ2v) is 13.4. The minimum absolute atomic E-state index is 0.180. The summed E-state index contributed by atoms with van der Waals surface area (Å²) in [5, 5.41) is 4.53. The number of imidazole rings is 1. The minimum atomic E-state index is -9.81. The first-order valence-corrected chi connectivity index (χ1v) is 15.6. The lowest BCUT2D eigenvalue weighted by molar-refractivity contribution is -0.174. The van der Waals surface area contributed by atoms with Gasteiger partial charge < -0.3 is 23.8 Å². The molecular weight excluding hydrogens is 579 g/mol. The van der Waals surface area contributed by atoms with Crippen LogP contribution in [0, 0.1) is 6.92 Å². The van der Waals surface area contributed by atoms with Gasteiger partial charge in [-0.2, -0.15) is 0 Å². The fourth-order valence-electron chi connectivity index (χ4n) is 6.03. The number of methoxy groups -OCH3 is 1. The molecule has 0 aliphatic carbocycles. The van der Waals surface area contributed by atoms with Gasteiger partial charge in [-0.3, -0.25) is 0 Å². The molecule has 7 nitrogen and oxygen atoms in total. The number of hydrogen-bond donors (Lipinski definition) is 0. The van der Waals surface area contributed by atoms with Crippen LogP contribution < -0.4 is 4.74 Å². The molecule has 2 saturated heterocycles. The molecule has 3 aromatic rings. The lowest BCUT2D eigenvalue weighted by atomic mass is 9.81. The molecule has 3 aliphatic heterocycles. The van der Waals surface area contributed by atoms with Crippen molar-refractivity contribution in [2.24, 2.45) is 5.16 Å². The maximum atomic E-state index is 13.5. The zero-order chi connectivity index (χ0) is 29.8. The fourth-order valence-corrected chi connectivity index (χ4v) is 6.68. The first kappa shape index (κ1) is 28.5. The van der Waals surface area contributed by atoms with E-state index >= 15 is 0 Å². The van der Waals surface area contributed by atoms with Gasteiger partial charge in [-0.1, -0.05) is 42.8 Å². The van der Waals surface area contributed by atoms with Crippen LogP contribution in [0.5, 0.6) is 5.75 Å². The van der Waals surface area contributed by atoms with Crippen LogP contribution in [-0.2, 0) is 9.57 Å². The zero-order valence-corrected chi connectivity index (χ0v) is 23.9. The maximum absolute atomic E-state index is 13.5. The number of halogens is 5. The van der Waals surface area contributed by atoms with Crippen LogP contribution >= 0.6 is 10.2 Å². The summed E-state index contributed by atoms with van der Waals surface area (Å²) in [7, 11) is -8.22. The Kier molecular flexibility index (Phi) is 6.43. The van der Waals surface area contributed by atoms with E-state index in [1.54, 1.807) is 13.4 Å². The molecule has 0 bridgehead atoms. The zero-order valence-electron chi connectivity index (χ0n) is 23.1. The number of ether oxygens (including phenoxy) is 2. The Bertz CT molecular complexity index is 1570. The third-order valence-electron chi connectivity index (χ3n) is 7.94. The van der Waals surface area contributed by atoms with Crippen LogP contribution in [0.3, 0.4) is 0 Å². The van der Waals surface area contributed by atoms with Gasteiger partial charge >= 0.3 is 10.2 Å². The molecule has 3 aliphatic rings. The van der Waals surface area contributed by atoms with E-state index in [0.29, 0.717) is 61.7 Å². The molecular formula is C29H31F5N4O3S. The number of piperidine rings is 1. The molecule has 4 heterocycles. The van der Waals surface area contributed by atoms with E-state index in [1.165, 1.54) is 0 Å². The normalized spacial score (nSPS) is 25.3. The van der Waals surface area contributed by atoms with Crippen LogP contribution in [0.25, 0.3) is 11.8 Å². The van der Waals surface area contributed by atoms with Crippen molar-refractivity contribution in [3.8, 4) is 11.4 Å². The number of nitrogens with zero attached hydrogens (tertiary/aromatic N) is 4. The van der Waals surface area contributed by atoms with Crippen molar-refractivity contribution < 1.29 is 33.7 Å². The number of aromatic nitrogens is 2. The summed E-state index contributed by atoms with van der Waals surface area (Å²) in [4.78, 5) is 10.5. The monoisotopic (exact) mass is 610 g/mol. The van der Waals surface area contributed by atoms with Crippen molar-refractivity contribution >= 4 is 22.1 Å². The van der Waals surface area contributed by atoms with Gasteiger partial charge in [0.2, 0.25) is 0 Å². The summed E-state index contributed by atoms with van der Waals surface area (Å²) in [6, 6.07) is 8.40. The molecule has 0 amide bonds. The van der Waals surface area contributed by atoms with Gasteiger partial charge in [0.25, 0.3) is 0 Å². The topological polar surface area (TPSA) is 61.1 Å². The molecule has 226 valence electrons. The molecule has 1 aromatic heterocycles. The van der Waals surface area contributed by atoms with Gasteiger partial charge in [-0.05, 0) is 79.6 Å². The van der Waals surface area contributed by atoms with Crippen molar-refractivity contribution in [1.82, 2.24) is 14.5 Å². The highest BCUT2D eigenvalue weighted by atomic mass is 32.5. The Morgan fingerprint density at radius 3 is 2.50 bits per heavy atom. The molecule has 0 saturated carbocycles. The number of amidine groups is 1. The van der Waals surface area contributed by atoms with E-state index in [0.717, 1.165) is 41.1 Å². The van der Waals surface area contributed by atoms with E-state index in [4.69, 9.17) is 14.3 Å². The first-order valence-electron chi connectivity index (χ1n) is 13.6. The average molecular weight is 611 g/mol. The standard InChI is InChI=1S/C29H31F5N4O3S/c1-20-17-37(19-35-20)25-11-6-21(16-26(25)39-2)15-23-5-3-13-38-27(29(41-36-28(23)38)12-4-14-40-18-29)22-7-9-24(10-8-22)42(30,31,32,33)34/h6-11,15-17,19,27H,3-5,12-14,18H2,1-2H3/t27-,29?/m0/s1. The predicted molar refractivity (Wildman–Crippen MR) is 151 cm³/mol. The Labute approximate surface area is 240 Å². The lowest BCUT2D eigenvalue weighted by Crippen LogP contribution is -2.58. The Morgan fingerprint density at radius 1 is 1.07 bits per heavy atom. The van der Waals surface area contributed by atoms with Crippen LogP contribution in [0.4, 0.5) is 19.4 Å². The number of hydrogen-bond acceptors (Lipinski definition) is 6.